The van der Waals surface area contributed by atoms with Crippen molar-refractivity contribution in [2.75, 3.05) is 19.7 Å². The van der Waals surface area contributed by atoms with Crippen molar-refractivity contribution in [3.63, 3.8) is 0 Å². The molecule has 2 aliphatic rings. The summed E-state index contributed by atoms with van der Waals surface area (Å²) in [4.78, 5) is 27.1. The zero-order chi connectivity index (χ0) is 25.0. The van der Waals surface area contributed by atoms with Gasteiger partial charge in [-0.15, -0.1) is 0 Å². The number of fused-ring (bicyclic) bond motifs is 2. The van der Waals surface area contributed by atoms with Crippen molar-refractivity contribution in [3.8, 4) is 0 Å². The van der Waals surface area contributed by atoms with E-state index in [9.17, 15) is 14.7 Å². The molecule has 1 fully saturated rings. The zero-order valence-electron chi connectivity index (χ0n) is 21.8. The summed E-state index contributed by atoms with van der Waals surface area (Å²) in [6.07, 6.45) is 4.61. The van der Waals surface area contributed by atoms with E-state index in [1.807, 2.05) is 25.7 Å². The predicted octanol–water partition coefficient (Wildman–Crippen LogP) is 4.63. The number of aryl methyl sites for hydroxylation is 2. The maximum absolute atomic E-state index is 13.0. The minimum Gasteiger partial charge on any atom is -0.394 e. The number of nitrogens with zero attached hydrogens (tertiary/aromatic N) is 1. The second-order valence-corrected chi connectivity index (χ2v) is 10.8. The number of hydrogen-bond acceptors (Lipinski definition) is 3. The van der Waals surface area contributed by atoms with Gasteiger partial charge in [0.2, 0.25) is 11.8 Å². The zero-order valence-corrected chi connectivity index (χ0v) is 22.8. The summed E-state index contributed by atoms with van der Waals surface area (Å²) >= 11 is 0. The molecule has 1 heterocycles. The Morgan fingerprint density at radius 3 is 1.94 bits per heavy atom. The molecule has 0 saturated carbocycles. The summed E-state index contributed by atoms with van der Waals surface area (Å²) in [5.74, 6) is -0.0126. The van der Waals surface area contributed by atoms with Gasteiger partial charge in [-0.25, -0.2) is 0 Å². The molecule has 4 rings (SSSR count). The number of carbonyl (C=O) groups excluding carboxylic acids is 2. The SMILES string of the molecule is CC(C)(C)C(=O)N[C@H](CO)CCC(=O)N1CCC(=C2c3ccccc3CCc3ccccc32)CC1.S. The van der Waals surface area contributed by atoms with Gasteiger partial charge in [-0.2, -0.15) is 13.5 Å². The first-order valence-corrected chi connectivity index (χ1v) is 12.9. The molecule has 0 unspecified atom stereocenters. The maximum atomic E-state index is 13.0. The summed E-state index contributed by atoms with van der Waals surface area (Å²) in [5, 5.41) is 12.6. The molecular formula is C30H40N2O3S. The first kappa shape index (κ1) is 28.0. The van der Waals surface area contributed by atoms with Crippen molar-refractivity contribution in [2.45, 2.75) is 65.3 Å². The first-order valence-electron chi connectivity index (χ1n) is 12.9. The fraction of sp³-hybridized carbons (Fsp3) is 0.467. The monoisotopic (exact) mass is 508 g/mol. The number of aliphatic hydroxyl groups excluding tert-OH is 1. The van der Waals surface area contributed by atoms with E-state index in [4.69, 9.17) is 0 Å². The van der Waals surface area contributed by atoms with Gasteiger partial charge < -0.3 is 15.3 Å². The molecule has 2 N–H and O–H groups in total. The first-order chi connectivity index (χ1) is 16.8. The van der Waals surface area contributed by atoms with Crippen LogP contribution in [0.25, 0.3) is 5.57 Å². The number of amides is 2. The lowest BCUT2D eigenvalue weighted by atomic mass is 9.86. The molecule has 2 amide bonds. The average Bonchev–Trinajstić information content (AvgIpc) is 3.02. The third-order valence-electron chi connectivity index (χ3n) is 7.25. The van der Waals surface area contributed by atoms with Crippen LogP contribution in [0.5, 0.6) is 0 Å². The van der Waals surface area contributed by atoms with E-state index in [1.165, 1.54) is 33.4 Å². The Morgan fingerprint density at radius 1 is 0.917 bits per heavy atom. The Balaban J connectivity index is 0.00000361. The van der Waals surface area contributed by atoms with Crippen LogP contribution in [0.2, 0.25) is 0 Å². The third-order valence-corrected chi connectivity index (χ3v) is 7.25. The summed E-state index contributed by atoms with van der Waals surface area (Å²) in [5.41, 5.74) is 7.76. The Labute approximate surface area is 222 Å². The fourth-order valence-corrected chi connectivity index (χ4v) is 5.10. The molecule has 1 aliphatic carbocycles. The van der Waals surface area contributed by atoms with Gasteiger partial charge in [-0.05, 0) is 59.9 Å². The van der Waals surface area contributed by atoms with E-state index in [1.54, 1.807) is 0 Å². The Kier molecular flexibility index (Phi) is 9.42. The number of hydrogen-bond donors (Lipinski definition) is 2. The van der Waals surface area contributed by atoms with Crippen LogP contribution in [-0.2, 0) is 22.4 Å². The highest BCUT2D eigenvalue weighted by molar-refractivity contribution is 7.59. The fourth-order valence-electron chi connectivity index (χ4n) is 5.10. The van der Waals surface area contributed by atoms with Crippen LogP contribution < -0.4 is 5.32 Å². The quantitative estimate of drug-likeness (QED) is 0.619. The highest BCUT2D eigenvalue weighted by Gasteiger charge is 2.27. The van der Waals surface area contributed by atoms with Crippen LogP contribution in [0, 0.1) is 5.41 Å². The maximum Gasteiger partial charge on any atom is 0.225 e. The highest BCUT2D eigenvalue weighted by atomic mass is 32.1. The standard InChI is InChI=1S/C30H38N2O3.H2S/c1-30(2,3)29(35)31-24(20-33)14-15-27(34)32-18-16-23(17-19-32)28-25-10-6-4-8-21(25)12-13-22-9-5-7-11-26(22)28;/h4-11,24,33H,12-20H2,1-3H3,(H,31,35);1H2/t24-;/m0./s1. The van der Waals surface area contributed by atoms with Gasteiger partial charge in [0.15, 0.2) is 0 Å². The van der Waals surface area contributed by atoms with Crippen molar-refractivity contribution in [1.82, 2.24) is 10.2 Å². The van der Waals surface area contributed by atoms with Gasteiger partial charge in [0, 0.05) is 24.9 Å². The Hall–Kier alpha value is -2.57. The topological polar surface area (TPSA) is 69.6 Å². The van der Waals surface area contributed by atoms with Gasteiger partial charge in [-0.3, -0.25) is 9.59 Å². The number of nitrogens with one attached hydrogen (secondary N) is 1. The lowest BCUT2D eigenvalue weighted by Crippen LogP contribution is -2.44. The number of benzene rings is 2. The molecular weight excluding hydrogens is 468 g/mol. The Morgan fingerprint density at radius 2 is 1.44 bits per heavy atom. The molecule has 2 aromatic rings. The molecule has 36 heavy (non-hydrogen) atoms. The van der Waals surface area contributed by atoms with Crippen molar-refractivity contribution in [2.24, 2.45) is 5.41 Å². The second kappa shape index (κ2) is 12.1. The number of aliphatic hydroxyl groups is 1. The summed E-state index contributed by atoms with van der Waals surface area (Å²) in [7, 11) is 0. The van der Waals surface area contributed by atoms with E-state index in [0.717, 1.165) is 25.7 Å². The molecule has 0 bridgehead atoms. The second-order valence-electron chi connectivity index (χ2n) is 10.8. The highest BCUT2D eigenvalue weighted by Crippen LogP contribution is 2.38. The van der Waals surface area contributed by atoms with Crippen molar-refractivity contribution in [1.29, 1.82) is 0 Å². The molecule has 2 aromatic carbocycles. The molecule has 1 aliphatic heterocycles. The van der Waals surface area contributed by atoms with E-state index in [2.05, 4.69) is 53.8 Å². The molecule has 0 radical (unpaired) electrons. The molecule has 1 saturated heterocycles. The summed E-state index contributed by atoms with van der Waals surface area (Å²) in [6.45, 7) is 6.77. The summed E-state index contributed by atoms with van der Waals surface area (Å²) < 4.78 is 0. The molecule has 1 atom stereocenters. The molecule has 0 spiro atoms. The van der Waals surface area contributed by atoms with Gasteiger partial charge in [-0.1, -0.05) is 74.9 Å². The van der Waals surface area contributed by atoms with Crippen LogP contribution in [-0.4, -0.2) is 47.6 Å². The largest absolute Gasteiger partial charge is 0.394 e. The van der Waals surface area contributed by atoms with Gasteiger partial charge >= 0.3 is 0 Å². The van der Waals surface area contributed by atoms with Gasteiger partial charge in [0.05, 0.1) is 12.6 Å². The van der Waals surface area contributed by atoms with E-state index in [0.29, 0.717) is 25.9 Å². The van der Waals surface area contributed by atoms with Crippen molar-refractivity contribution in [3.05, 3.63) is 76.4 Å². The lowest BCUT2D eigenvalue weighted by molar-refractivity contribution is -0.133. The number of likely N-dealkylation sites (tertiary alicyclic amines) is 1. The van der Waals surface area contributed by atoms with Crippen LogP contribution in [0.4, 0.5) is 0 Å². The summed E-state index contributed by atoms with van der Waals surface area (Å²) in [6, 6.07) is 17.1. The Bertz CT molecular complexity index is 1060. The molecule has 6 heteroatoms. The van der Waals surface area contributed by atoms with E-state index in [-0.39, 0.29) is 31.9 Å². The van der Waals surface area contributed by atoms with Gasteiger partial charge in [0.1, 0.15) is 0 Å². The van der Waals surface area contributed by atoms with Crippen LogP contribution in [0.1, 0.15) is 68.7 Å². The number of piperidine rings is 1. The molecule has 194 valence electrons. The van der Waals surface area contributed by atoms with Gasteiger partial charge in [0.25, 0.3) is 0 Å². The van der Waals surface area contributed by atoms with Crippen molar-refractivity contribution < 1.29 is 14.7 Å². The van der Waals surface area contributed by atoms with Crippen LogP contribution in [0.15, 0.2) is 54.1 Å². The smallest absolute Gasteiger partial charge is 0.225 e. The minimum absolute atomic E-state index is 0. The number of rotatable bonds is 5. The lowest BCUT2D eigenvalue weighted by Gasteiger charge is -2.31. The van der Waals surface area contributed by atoms with E-state index < -0.39 is 11.5 Å². The van der Waals surface area contributed by atoms with Crippen LogP contribution >= 0.6 is 13.5 Å². The van der Waals surface area contributed by atoms with Crippen LogP contribution in [0.3, 0.4) is 0 Å². The predicted molar refractivity (Wildman–Crippen MR) is 150 cm³/mol. The van der Waals surface area contributed by atoms with E-state index >= 15 is 0 Å². The van der Waals surface area contributed by atoms with Crippen molar-refractivity contribution >= 4 is 30.9 Å². The minimum atomic E-state index is -0.524. The third kappa shape index (κ3) is 6.40. The number of carbonyl (C=O) groups is 2. The molecule has 5 nitrogen and oxygen atoms in total. The molecule has 0 aromatic heterocycles. The average molecular weight is 509 g/mol. The normalized spacial score (nSPS) is 16.3.